The van der Waals surface area contributed by atoms with Crippen molar-refractivity contribution in [2.45, 2.75) is 103 Å². The second-order valence-electron chi connectivity index (χ2n) is 11.4. The number of carbonyl (C=O) groups excluding carboxylic acids is 2. The van der Waals surface area contributed by atoms with E-state index in [4.69, 9.17) is 9.47 Å². The highest BCUT2D eigenvalue weighted by Gasteiger charge is 2.41. The number of hydrogen-bond donors (Lipinski definition) is 0. The number of ether oxygens (including phenoxy) is 2. The number of amides is 1. The summed E-state index contributed by atoms with van der Waals surface area (Å²) in [6.45, 7) is 11.3. The molecule has 1 saturated heterocycles. The summed E-state index contributed by atoms with van der Waals surface area (Å²) >= 11 is 0. The number of aromatic nitrogens is 3. The van der Waals surface area contributed by atoms with Crippen LogP contribution in [0.25, 0.3) is 0 Å². The second kappa shape index (κ2) is 9.12. The third kappa shape index (κ3) is 4.90. The molecule has 2 fully saturated rings. The maximum Gasteiger partial charge on any atom is 0.435 e. The third-order valence-electron chi connectivity index (χ3n) is 7.47. The summed E-state index contributed by atoms with van der Waals surface area (Å²) in [6, 6.07) is 2.90. The van der Waals surface area contributed by atoms with E-state index in [2.05, 4.69) is 34.5 Å². The van der Waals surface area contributed by atoms with E-state index in [1.54, 1.807) is 6.20 Å². The average molecular weight is 483 g/mol. The van der Waals surface area contributed by atoms with Crippen molar-refractivity contribution in [2.75, 3.05) is 13.2 Å². The number of hydrogen-bond acceptors (Lipinski definition) is 5. The molecule has 0 N–H and O–H groups in total. The first kappa shape index (κ1) is 24.1. The van der Waals surface area contributed by atoms with Gasteiger partial charge in [0.1, 0.15) is 5.60 Å². The van der Waals surface area contributed by atoms with E-state index in [-0.39, 0.29) is 11.9 Å². The van der Waals surface area contributed by atoms with Gasteiger partial charge in [0, 0.05) is 48.9 Å². The van der Waals surface area contributed by atoms with Gasteiger partial charge >= 0.3 is 6.09 Å². The molecular weight excluding hydrogens is 444 g/mol. The van der Waals surface area contributed by atoms with Crippen LogP contribution in [0.3, 0.4) is 0 Å². The SMILES string of the molecule is Cc1cc(C(=O)N(C2CC2)C2CCc3nn(C(=O)OC(C)(C)C)cc3C2)c(C)n1C1CCOCC1. The van der Waals surface area contributed by atoms with Crippen LogP contribution in [0.15, 0.2) is 12.3 Å². The molecule has 1 atom stereocenters. The van der Waals surface area contributed by atoms with Crippen LogP contribution in [0, 0.1) is 13.8 Å². The fraction of sp³-hybridized carbons (Fsp3) is 0.667. The predicted octanol–water partition coefficient (Wildman–Crippen LogP) is 4.60. The Kier molecular flexibility index (Phi) is 6.28. The summed E-state index contributed by atoms with van der Waals surface area (Å²) in [7, 11) is 0. The van der Waals surface area contributed by atoms with E-state index >= 15 is 0 Å². The van der Waals surface area contributed by atoms with Gasteiger partial charge in [0.25, 0.3) is 5.91 Å². The molecule has 3 aliphatic rings. The Morgan fingerprint density at radius 3 is 2.46 bits per heavy atom. The molecule has 2 aromatic heterocycles. The van der Waals surface area contributed by atoms with E-state index in [9.17, 15) is 9.59 Å². The molecule has 5 rings (SSSR count). The molecule has 0 bridgehead atoms. The van der Waals surface area contributed by atoms with E-state index in [1.807, 2.05) is 20.8 Å². The molecule has 1 saturated carbocycles. The second-order valence-corrected chi connectivity index (χ2v) is 11.4. The predicted molar refractivity (Wildman–Crippen MR) is 132 cm³/mol. The minimum Gasteiger partial charge on any atom is -0.442 e. The van der Waals surface area contributed by atoms with Crippen molar-refractivity contribution >= 4 is 12.0 Å². The molecule has 2 aromatic rings. The highest BCUT2D eigenvalue weighted by molar-refractivity contribution is 5.96. The van der Waals surface area contributed by atoms with Crippen LogP contribution in [0.1, 0.15) is 91.9 Å². The molecule has 1 unspecified atom stereocenters. The number of carbonyl (C=O) groups is 2. The lowest BCUT2D eigenvalue weighted by Crippen LogP contribution is -2.45. The molecule has 8 nitrogen and oxygen atoms in total. The summed E-state index contributed by atoms with van der Waals surface area (Å²) < 4.78 is 14.7. The number of rotatable bonds is 4. The van der Waals surface area contributed by atoms with Gasteiger partial charge in [0.15, 0.2) is 0 Å². The van der Waals surface area contributed by atoms with Crippen LogP contribution in [-0.4, -0.2) is 62.1 Å². The van der Waals surface area contributed by atoms with Gasteiger partial charge in [-0.05, 0) is 91.2 Å². The van der Waals surface area contributed by atoms with Crippen LogP contribution in [0.4, 0.5) is 4.79 Å². The Morgan fingerprint density at radius 2 is 1.80 bits per heavy atom. The molecular formula is C27H38N4O4. The Labute approximate surface area is 207 Å². The fourth-order valence-corrected chi connectivity index (χ4v) is 5.75. The first-order valence-corrected chi connectivity index (χ1v) is 13.0. The Morgan fingerprint density at radius 1 is 1.09 bits per heavy atom. The minimum absolute atomic E-state index is 0.116. The molecule has 1 amide bonds. The monoisotopic (exact) mass is 482 g/mol. The molecule has 0 spiro atoms. The Hall–Kier alpha value is -2.61. The van der Waals surface area contributed by atoms with Crippen LogP contribution in [-0.2, 0) is 22.3 Å². The summed E-state index contributed by atoms with van der Waals surface area (Å²) in [4.78, 5) is 28.6. The van der Waals surface area contributed by atoms with Crippen molar-refractivity contribution in [2.24, 2.45) is 0 Å². The largest absolute Gasteiger partial charge is 0.442 e. The van der Waals surface area contributed by atoms with E-state index in [0.29, 0.717) is 12.1 Å². The minimum atomic E-state index is -0.571. The highest BCUT2D eigenvalue weighted by atomic mass is 16.6. The summed E-state index contributed by atoms with van der Waals surface area (Å²) in [5.41, 5.74) is 4.46. The van der Waals surface area contributed by atoms with Gasteiger partial charge in [-0.1, -0.05) is 0 Å². The van der Waals surface area contributed by atoms with E-state index in [1.165, 1.54) is 4.68 Å². The zero-order chi connectivity index (χ0) is 24.9. The lowest BCUT2D eigenvalue weighted by Gasteiger charge is -2.34. The van der Waals surface area contributed by atoms with Crippen LogP contribution >= 0.6 is 0 Å². The number of fused-ring (bicyclic) bond motifs is 1. The molecule has 8 heteroatoms. The normalized spacial score (nSPS) is 21.0. The van der Waals surface area contributed by atoms with Crippen molar-refractivity contribution in [3.8, 4) is 0 Å². The van der Waals surface area contributed by atoms with Crippen LogP contribution in [0.5, 0.6) is 0 Å². The molecule has 0 aromatic carbocycles. The lowest BCUT2D eigenvalue weighted by molar-refractivity contribution is 0.0513. The molecule has 0 radical (unpaired) electrons. The Balaban J connectivity index is 1.36. The summed E-state index contributed by atoms with van der Waals surface area (Å²) in [6.07, 6.45) is 7.77. The molecule has 1 aliphatic heterocycles. The zero-order valence-electron chi connectivity index (χ0n) is 21.7. The van der Waals surface area contributed by atoms with E-state index in [0.717, 1.165) is 86.4 Å². The molecule has 3 heterocycles. The maximum atomic E-state index is 14.0. The van der Waals surface area contributed by atoms with Crippen molar-refractivity contribution < 1.29 is 19.1 Å². The van der Waals surface area contributed by atoms with Crippen molar-refractivity contribution in [1.82, 2.24) is 19.2 Å². The van der Waals surface area contributed by atoms with Crippen molar-refractivity contribution in [3.05, 3.63) is 40.5 Å². The summed E-state index contributed by atoms with van der Waals surface area (Å²) in [5.74, 6) is 0.145. The van der Waals surface area contributed by atoms with Gasteiger partial charge in [-0.2, -0.15) is 9.78 Å². The Bertz CT molecular complexity index is 1120. The van der Waals surface area contributed by atoms with Gasteiger partial charge in [-0.25, -0.2) is 4.79 Å². The van der Waals surface area contributed by atoms with Crippen LogP contribution < -0.4 is 0 Å². The molecule has 35 heavy (non-hydrogen) atoms. The van der Waals surface area contributed by atoms with Gasteiger partial charge in [-0.15, -0.1) is 0 Å². The first-order chi connectivity index (χ1) is 16.6. The maximum absolute atomic E-state index is 14.0. The van der Waals surface area contributed by atoms with Crippen molar-refractivity contribution in [3.63, 3.8) is 0 Å². The quantitative estimate of drug-likeness (QED) is 0.637. The van der Waals surface area contributed by atoms with Crippen molar-refractivity contribution in [1.29, 1.82) is 0 Å². The first-order valence-electron chi connectivity index (χ1n) is 13.0. The van der Waals surface area contributed by atoms with Gasteiger partial charge in [0.05, 0.1) is 11.3 Å². The number of nitrogens with zero attached hydrogens (tertiary/aromatic N) is 4. The zero-order valence-corrected chi connectivity index (χ0v) is 21.7. The highest BCUT2D eigenvalue weighted by Crippen LogP contribution is 2.36. The smallest absolute Gasteiger partial charge is 0.435 e. The molecule has 2 aliphatic carbocycles. The standard InChI is InChI=1S/C27H38N4O4/c1-17-14-23(18(2)30(17)21-10-12-34-13-11-21)25(32)31(20-6-7-20)22-8-9-24-19(15-22)16-29(28-24)26(33)35-27(3,4)5/h14,16,20-22H,6-13,15H2,1-5H3. The molecule has 190 valence electrons. The lowest BCUT2D eigenvalue weighted by atomic mass is 9.91. The van der Waals surface area contributed by atoms with Gasteiger partial charge in [0.2, 0.25) is 0 Å². The van der Waals surface area contributed by atoms with E-state index < -0.39 is 11.7 Å². The van der Waals surface area contributed by atoms with Gasteiger partial charge in [-0.3, -0.25) is 4.79 Å². The van der Waals surface area contributed by atoms with Gasteiger partial charge < -0.3 is 18.9 Å². The topological polar surface area (TPSA) is 78.6 Å². The van der Waals surface area contributed by atoms with Crippen LogP contribution in [0.2, 0.25) is 0 Å². The average Bonchev–Trinajstić information content (AvgIpc) is 3.45. The fourth-order valence-electron chi connectivity index (χ4n) is 5.75. The summed E-state index contributed by atoms with van der Waals surface area (Å²) in [5, 5.41) is 4.50. The third-order valence-corrected chi connectivity index (χ3v) is 7.47. The number of aryl methyl sites for hydroxylation is 2.